The third-order valence-electron chi connectivity index (χ3n) is 3.94. The van der Waals surface area contributed by atoms with E-state index in [2.05, 4.69) is 22.3 Å². The van der Waals surface area contributed by atoms with E-state index in [1.165, 1.54) is 29.2 Å². The molecule has 1 aromatic carbocycles. The van der Waals surface area contributed by atoms with Crippen LogP contribution in [-0.2, 0) is 0 Å². The average Bonchev–Trinajstić information content (AvgIpc) is 3.08. The van der Waals surface area contributed by atoms with Crippen LogP contribution in [0.5, 0.6) is 5.75 Å². The zero-order valence-electron chi connectivity index (χ0n) is 14.1. The van der Waals surface area contributed by atoms with E-state index in [4.69, 9.17) is 4.74 Å². The van der Waals surface area contributed by atoms with Crippen molar-refractivity contribution in [3.8, 4) is 5.75 Å². The first-order valence-corrected chi connectivity index (χ1v) is 8.70. The average molecular weight is 358 g/mol. The van der Waals surface area contributed by atoms with Crippen molar-refractivity contribution in [3.05, 3.63) is 51.4 Å². The van der Waals surface area contributed by atoms with Crippen molar-refractivity contribution in [2.75, 3.05) is 12.4 Å². The Hall–Kier alpha value is -2.74. The molecule has 0 bridgehead atoms. The number of hydrogen-bond acceptors (Lipinski definition) is 6. The fraction of sp³-hybridized carbons (Fsp3) is 0.294. The highest BCUT2D eigenvalue weighted by Gasteiger charge is 2.17. The molecule has 0 aliphatic rings. The van der Waals surface area contributed by atoms with E-state index in [1.54, 1.807) is 24.3 Å². The Morgan fingerprint density at radius 3 is 2.88 bits per heavy atom. The Kier molecular flexibility index (Phi) is 4.80. The van der Waals surface area contributed by atoms with Gasteiger partial charge < -0.3 is 10.1 Å². The molecule has 1 amide bonds. The van der Waals surface area contributed by atoms with Gasteiger partial charge in [-0.05, 0) is 18.6 Å². The number of aromatic nitrogens is 3. The Labute approximate surface area is 148 Å². The number of para-hydroxylation sites is 1. The van der Waals surface area contributed by atoms with Gasteiger partial charge in [0.2, 0.25) is 4.96 Å². The first-order valence-electron chi connectivity index (χ1n) is 7.88. The topological polar surface area (TPSA) is 85.6 Å². The van der Waals surface area contributed by atoms with Crippen LogP contribution in [0.25, 0.3) is 4.96 Å². The minimum absolute atomic E-state index is 0.0782. The number of benzene rings is 1. The van der Waals surface area contributed by atoms with Crippen LogP contribution >= 0.6 is 11.3 Å². The molecule has 0 aliphatic carbocycles. The number of hydrogen-bond donors (Lipinski definition) is 1. The maximum Gasteiger partial charge on any atom is 0.298 e. The molecule has 1 atom stereocenters. The highest BCUT2D eigenvalue weighted by molar-refractivity contribution is 7.16. The van der Waals surface area contributed by atoms with Gasteiger partial charge in [0.05, 0.1) is 18.9 Å². The van der Waals surface area contributed by atoms with Crippen LogP contribution in [0.4, 0.5) is 5.69 Å². The SMILES string of the molecule is CC[C@H](C)c1nn2c(=O)c(NC(=O)c3ccccc3OC)cnc2s1. The molecule has 0 radical (unpaired) electrons. The molecule has 0 spiro atoms. The van der Waals surface area contributed by atoms with Gasteiger partial charge in [-0.1, -0.05) is 37.3 Å². The summed E-state index contributed by atoms with van der Waals surface area (Å²) in [4.78, 5) is 29.8. The standard InChI is InChI=1S/C17H18N4O3S/c1-4-10(2)15-20-21-16(23)12(9-18-17(21)25-15)19-14(22)11-7-5-6-8-13(11)24-3/h5-10H,4H2,1-3H3,(H,19,22)/t10-/m0/s1. The number of carbonyl (C=O) groups excluding carboxylic acids is 1. The predicted octanol–water partition coefficient (Wildman–Crippen LogP) is 2.93. The first kappa shape index (κ1) is 17.1. The fourth-order valence-corrected chi connectivity index (χ4v) is 3.28. The number of nitrogens with one attached hydrogen (secondary N) is 1. The molecular weight excluding hydrogens is 340 g/mol. The molecule has 3 rings (SSSR count). The molecule has 25 heavy (non-hydrogen) atoms. The van der Waals surface area contributed by atoms with Gasteiger partial charge in [0.15, 0.2) is 0 Å². The minimum Gasteiger partial charge on any atom is -0.496 e. The number of amides is 1. The van der Waals surface area contributed by atoms with Crippen LogP contribution in [-0.4, -0.2) is 27.6 Å². The molecule has 2 aromatic heterocycles. The molecule has 130 valence electrons. The fourth-order valence-electron chi connectivity index (χ4n) is 2.28. The van der Waals surface area contributed by atoms with Crippen LogP contribution in [0.1, 0.15) is 41.6 Å². The number of ether oxygens (including phenoxy) is 1. The predicted molar refractivity (Wildman–Crippen MR) is 96.8 cm³/mol. The van der Waals surface area contributed by atoms with Gasteiger partial charge in [-0.3, -0.25) is 9.59 Å². The molecule has 0 unspecified atom stereocenters. The summed E-state index contributed by atoms with van der Waals surface area (Å²) in [6.45, 7) is 4.11. The van der Waals surface area contributed by atoms with Gasteiger partial charge in [-0.15, -0.1) is 0 Å². The van der Waals surface area contributed by atoms with Crippen LogP contribution in [0, 0.1) is 0 Å². The van der Waals surface area contributed by atoms with E-state index in [-0.39, 0.29) is 11.6 Å². The lowest BCUT2D eigenvalue weighted by Crippen LogP contribution is -2.23. The molecule has 2 heterocycles. The van der Waals surface area contributed by atoms with Crippen molar-refractivity contribution in [1.82, 2.24) is 14.6 Å². The summed E-state index contributed by atoms with van der Waals surface area (Å²) >= 11 is 1.38. The summed E-state index contributed by atoms with van der Waals surface area (Å²) in [5.74, 6) is 0.244. The number of anilines is 1. The monoisotopic (exact) mass is 358 g/mol. The van der Waals surface area contributed by atoms with Crippen LogP contribution in [0.2, 0.25) is 0 Å². The lowest BCUT2D eigenvalue weighted by Gasteiger charge is -2.08. The maximum atomic E-state index is 12.6. The lowest BCUT2D eigenvalue weighted by molar-refractivity contribution is 0.102. The van der Waals surface area contributed by atoms with Crippen LogP contribution in [0.15, 0.2) is 35.3 Å². The number of carbonyl (C=O) groups is 1. The van der Waals surface area contributed by atoms with E-state index in [1.807, 2.05) is 6.92 Å². The second-order valence-electron chi connectivity index (χ2n) is 5.58. The van der Waals surface area contributed by atoms with E-state index >= 15 is 0 Å². The van der Waals surface area contributed by atoms with Gasteiger partial charge in [-0.2, -0.15) is 9.61 Å². The molecule has 7 nitrogen and oxygen atoms in total. The second kappa shape index (κ2) is 7.02. The summed E-state index contributed by atoms with van der Waals surface area (Å²) < 4.78 is 6.42. The third-order valence-corrected chi connectivity index (χ3v) is 5.09. The van der Waals surface area contributed by atoms with Crippen LogP contribution < -0.4 is 15.6 Å². The second-order valence-corrected chi connectivity index (χ2v) is 6.56. The van der Waals surface area contributed by atoms with Crippen LogP contribution in [0.3, 0.4) is 0 Å². The smallest absolute Gasteiger partial charge is 0.298 e. The molecule has 1 N–H and O–H groups in total. The Balaban J connectivity index is 1.95. The zero-order chi connectivity index (χ0) is 18.0. The quantitative estimate of drug-likeness (QED) is 0.758. The van der Waals surface area contributed by atoms with E-state index in [0.29, 0.717) is 16.3 Å². The number of methoxy groups -OCH3 is 1. The largest absolute Gasteiger partial charge is 0.496 e. The van der Waals surface area contributed by atoms with Crippen molar-refractivity contribution < 1.29 is 9.53 Å². The lowest BCUT2D eigenvalue weighted by atomic mass is 10.1. The summed E-state index contributed by atoms with van der Waals surface area (Å²) in [7, 11) is 1.49. The van der Waals surface area contributed by atoms with E-state index in [9.17, 15) is 9.59 Å². The van der Waals surface area contributed by atoms with Gasteiger partial charge in [0, 0.05) is 5.92 Å². The summed E-state index contributed by atoms with van der Waals surface area (Å²) in [6, 6.07) is 6.80. The number of nitrogens with zero attached hydrogens (tertiary/aromatic N) is 3. The molecule has 0 aliphatic heterocycles. The van der Waals surface area contributed by atoms with Gasteiger partial charge >= 0.3 is 0 Å². The van der Waals surface area contributed by atoms with E-state index in [0.717, 1.165) is 11.4 Å². The highest BCUT2D eigenvalue weighted by atomic mass is 32.1. The third kappa shape index (κ3) is 3.25. The van der Waals surface area contributed by atoms with Gasteiger partial charge in [0.1, 0.15) is 16.4 Å². The van der Waals surface area contributed by atoms with Crippen molar-refractivity contribution >= 4 is 27.9 Å². The number of rotatable bonds is 5. The normalized spacial score (nSPS) is 12.1. The molecule has 3 aromatic rings. The van der Waals surface area contributed by atoms with Crippen molar-refractivity contribution in [1.29, 1.82) is 0 Å². The van der Waals surface area contributed by atoms with Gasteiger partial charge in [0.25, 0.3) is 11.5 Å². The summed E-state index contributed by atoms with van der Waals surface area (Å²) in [5, 5.41) is 7.78. The Morgan fingerprint density at radius 1 is 1.40 bits per heavy atom. The van der Waals surface area contributed by atoms with Crippen molar-refractivity contribution in [2.45, 2.75) is 26.2 Å². The maximum absolute atomic E-state index is 12.6. The highest BCUT2D eigenvalue weighted by Crippen LogP contribution is 2.23. The minimum atomic E-state index is -0.436. The zero-order valence-corrected chi connectivity index (χ0v) is 15.0. The molecule has 0 saturated carbocycles. The molecule has 0 fully saturated rings. The Bertz CT molecular complexity index is 979. The van der Waals surface area contributed by atoms with Crippen molar-refractivity contribution in [2.24, 2.45) is 0 Å². The summed E-state index contributed by atoms with van der Waals surface area (Å²) in [5.41, 5.74) is 0.0153. The molecule has 8 heteroatoms. The molecular formula is C17H18N4O3S. The van der Waals surface area contributed by atoms with E-state index < -0.39 is 11.5 Å². The van der Waals surface area contributed by atoms with Gasteiger partial charge in [-0.25, -0.2) is 4.98 Å². The molecule has 0 saturated heterocycles. The Morgan fingerprint density at radius 2 is 2.16 bits per heavy atom. The number of fused-ring (bicyclic) bond motifs is 1. The first-order chi connectivity index (χ1) is 12.0. The summed E-state index contributed by atoms with van der Waals surface area (Å²) in [6.07, 6.45) is 2.29. The van der Waals surface area contributed by atoms with Crippen molar-refractivity contribution in [3.63, 3.8) is 0 Å².